The summed E-state index contributed by atoms with van der Waals surface area (Å²) in [5.41, 5.74) is 7.51. The molecular formula is C13H21F3N4. The van der Waals surface area contributed by atoms with Gasteiger partial charge in [0.1, 0.15) is 5.82 Å². The molecule has 1 aromatic heterocycles. The fourth-order valence-corrected chi connectivity index (χ4v) is 2.77. The molecule has 20 heavy (non-hydrogen) atoms. The first-order valence-electron chi connectivity index (χ1n) is 6.85. The number of nitrogens with two attached hydrogens (primary N) is 1. The van der Waals surface area contributed by atoms with Crippen molar-refractivity contribution in [3.8, 4) is 0 Å². The maximum atomic E-state index is 12.7. The van der Waals surface area contributed by atoms with Crippen molar-refractivity contribution in [3.05, 3.63) is 5.69 Å². The summed E-state index contributed by atoms with van der Waals surface area (Å²) in [7, 11) is 1.79. The summed E-state index contributed by atoms with van der Waals surface area (Å²) >= 11 is 0. The Labute approximate surface area is 116 Å². The van der Waals surface area contributed by atoms with Crippen LogP contribution in [0.5, 0.6) is 0 Å². The van der Waals surface area contributed by atoms with Gasteiger partial charge in [-0.3, -0.25) is 4.68 Å². The van der Waals surface area contributed by atoms with E-state index in [1.54, 1.807) is 11.7 Å². The average molecular weight is 290 g/mol. The lowest BCUT2D eigenvalue weighted by Gasteiger charge is -2.34. The summed E-state index contributed by atoms with van der Waals surface area (Å²) in [5, 5.41) is 4.38. The summed E-state index contributed by atoms with van der Waals surface area (Å²) in [6.45, 7) is 4.73. The molecule has 1 saturated heterocycles. The number of aromatic nitrogens is 2. The molecule has 0 bridgehead atoms. The first-order chi connectivity index (χ1) is 9.21. The second kappa shape index (κ2) is 5.18. The number of anilines is 2. The Kier molecular flexibility index (Phi) is 3.88. The van der Waals surface area contributed by atoms with Gasteiger partial charge in [0.25, 0.3) is 0 Å². The monoisotopic (exact) mass is 290 g/mol. The van der Waals surface area contributed by atoms with E-state index in [1.807, 2.05) is 18.7 Å². The predicted octanol–water partition coefficient (Wildman–Crippen LogP) is 2.90. The molecular weight excluding hydrogens is 269 g/mol. The molecule has 2 N–H and O–H groups in total. The first-order valence-corrected chi connectivity index (χ1v) is 6.85. The fraction of sp³-hybridized carbons (Fsp3) is 0.769. The predicted molar refractivity (Wildman–Crippen MR) is 72.7 cm³/mol. The van der Waals surface area contributed by atoms with Crippen LogP contribution in [0.25, 0.3) is 0 Å². The van der Waals surface area contributed by atoms with Crippen LogP contribution in [-0.2, 0) is 7.05 Å². The summed E-state index contributed by atoms with van der Waals surface area (Å²) in [6, 6.07) is 0. The van der Waals surface area contributed by atoms with Crippen LogP contribution >= 0.6 is 0 Å². The highest BCUT2D eigenvalue weighted by Crippen LogP contribution is 2.37. The Hall–Kier alpha value is -1.40. The summed E-state index contributed by atoms with van der Waals surface area (Å²) in [6.07, 6.45) is -3.86. The molecule has 0 unspecified atom stereocenters. The van der Waals surface area contributed by atoms with Crippen LogP contribution in [0.2, 0.25) is 0 Å². The summed E-state index contributed by atoms with van der Waals surface area (Å²) in [5.74, 6) is -0.255. The van der Waals surface area contributed by atoms with Crippen molar-refractivity contribution in [2.75, 3.05) is 23.7 Å². The van der Waals surface area contributed by atoms with Crippen LogP contribution in [0.3, 0.4) is 0 Å². The highest BCUT2D eigenvalue weighted by atomic mass is 19.4. The highest BCUT2D eigenvalue weighted by Gasteiger charge is 2.41. The number of nitrogen functional groups attached to an aromatic ring is 1. The smallest absolute Gasteiger partial charge is 0.391 e. The van der Waals surface area contributed by atoms with E-state index in [9.17, 15) is 13.2 Å². The van der Waals surface area contributed by atoms with Crippen molar-refractivity contribution in [1.82, 2.24) is 9.78 Å². The number of nitrogens with zero attached hydrogens (tertiary/aromatic N) is 3. The number of rotatable bonds is 2. The molecule has 2 rings (SSSR count). The van der Waals surface area contributed by atoms with E-state index in [0.29, 0.717) is 18.8 Å². The molecule has 1 aromatic rings. The Morgan fingerprint density at radius 2 is 1.80 bits per heavy atom. The summed E-state index contributed by atoms with van der Waals surface area (Å²) < 4.78 is 39.7. The van der Waals surface area contributed by atoms with Crippen LogP contribution in [0, 0.1) is 5.92 Å². The van der Waals surface area contributed by atoms with Crippen molar-refractivity contribution in [1.29, 1.82) is 0 Å². The Balaban J connectivity index is 2.15. The third-order valence-electron chi connectivity index (χ3n) is 3.89. The van der Waals surface area contributed by atoms with Crippen molar-refractivity contribution < 1.29 is 13.2 Å². The van der Waals surface area contributed by atoms with Gasteiger partial charge in [0.2, 0.25) is 0 Å². The second-order valence-corrected chi connectivity index (χ2v) is 5.70. The SMILES string of the molecule is CC(C)c1nn(C)c(N2CCC(C(F)(F)F)CC2)c1N. The average Bonchev–Trinajstić information content (AvgIpc) is 2.64. The third-order valence-corrected chi connectivity index (χ3v) is 3.89. The van der Waals surface area contributed by atoms with Crippen LogP contribution < -0.4 is 10.6 Å². The Bertz CT molecular complexity index is 471. The minimum absolute atomic E-state index is 0.116. The van der Waals surface area contributed by atoms with E-state index in [1.165, 1.54) is 0 Å². The van der Waals surface area contributed by atoms with Crippen molar-refractivity contribution in [3.63, 3.8) is 0 Å². The minimum Gasteiger partial charge on any atom is -0.394 e. The van der Waals surface area contributed by atoms with Crippen LogP contribution in [0.15, 0.2) is 0 Å². The number of piperidine rings is 1. The zero-order chi connectivity index (χ0) is 15.1. The molecule has 0 saturated carbocycles. The number of aryl methyl sites for hydroxylation is 1. The number of hydrogen-bond acceptors (Lipinski definition) is 3. The van der Waals surface area contributed by atoms with E-state index >= 15 is 0 Å². The molecule has 0 atom stereocenters. The lowest BCUT2D eigenvalue weighted by Crippen LogP contribution is -2.40. The van der Waals surface area contributed by atoms with Crippen LogP contribution in [-0.4, -0.2) is 29.0 Å². The first kappa shape index (κ1) is 15.0. The lowest BCUT2D eigenvalue weighted by molar-refractivity contribution is -0.179. The van der Waals surface area contributed by atoms with Gasteiger partial charge in [-0.25, -0.2) is 0 Å². The van der Waals surface area contributed by atoms with Gasteiger partial charge in [-0.15, -0.1) is 0 Å². The molecule has 4 nitrogen and oxygen atoms in total. The van der Waals surface area contributed by atoms with Gasteiger partial charge in [-0.05, 0) is 18.8 Å². The van der Waals surface area contributed by atoms with Crippen molar-refractivity contribution >= 4 is 11.5 Å². The molecule has 1 fully saturated rings. The van der Waals surface area contributed by atoms with E-state index in [2.05, 4.69) is 5.10 Å². The fourth-order valence-electron chi connectivity index (χ4n) is 2.77. The Morgan fingerprint density at radius 1 is 1.25 bits per heavy atom. The Morgan fingerprint density at radius 3 is 2.20 bits per heavy atom. The summed E-state index contributed by atoms with van der Waals surface area (Å²) in [4.78, 5) is 1.91. The standard InChI is InChI=1S/C13H21F3N4/c1-8(2)11-10(17)12(19(3)18-11)20-6-4-9(5-7-20)13(14,15)16/h8-9H,4-7,17H2,1-3H3. The maximum absolute atomic E-state index is 12.7. The molecule has 0 aromatic carbocycles. The van der Waals surface area contributed by atoms with Gasteiger partial charge in [0.15, 0.2) is 0 Å². The molecule has 7 heteroatoms. The minimum atomic E-state index is -4.09. The number of halogens is 3. The van der Waals surface area contributed by atoms with Gasteiger partial charge in [-0.2, -0.15) is 18.3 Å². The van der Waals surface area contributed by atoms with E-state index < -0.39 is 12.1 Å². The maximum Gasteiger partial charge on any atom is 0.391 e. The number of hydrogen-bond donors (Lipinski definition) is 1. The zero-order valence-corrected chi connectivity index (χ0v) is 12.0. The quantitative estimate of drug-likeness (QED) is 0.911. The molecule has 1 aliphatic heterocycles. The molecule has 2 heterocycles. The molecule has 0 aliphatic carbocycles. The highest BCUT2D eigenvalue weighted by molar-refractivity contribution is 5.67. The van der Waals surface area contributed by atoms with Crippen LogP contribution in [0.4, 0.5) is 24.7 Å². The van der Waals surface area contributed by atoms with Gasteiger partial charge in [0.05, 0.1) is 17.3 Å². The van der Waals surface area contributed by atoms with Gasteiger partial charge in [-0.1, -0.05) is 13.8 Å². The third kappa shape index (κ3) is 2.71. The van der Waals surface area contributed by atoms with Crippen LogP contribution in [0.1, 0.15) is 38.3 Å². The van der Waals surface area contributed by atoms with E-state index in [0.717, 1.165) is 11.5 Å². The van der Waals surface area contributed by atoms with E-state index in [-0.39, 0.29) is 18.8 Å². The largest absolute Gasteiger partial charge is 0.394 e. The lowest BCUT2D eigenvalue weighted by atomic mass is 9.96. The molecule has 114 valence electrons. The van der Waals surface area contributed by atoms with Gasteiger partial charge in [0, 0.05) is 20.1 Å². The van der Waals surface area contributed by atoms with Gasteiger partial charge < -0.3 is 10.6 Å². The molecule has 1 aliphatic rings. The zero-order valence-electron chi connectivity index (χ0n) is 12.0. The second-order valence-electron chi connectivity index (χ2n) is 5.70. The molecule has 0 amide bonds. The van der Waals surface area contributed by atoms with E-state index in [4.69, 9.17) is 5.73 Å². The van der Waals surface area contributed by atoms with Crippen molar-refractivity contribution in [2.24, 2.45) is 13.0 Å². The topological polar surface area (TPSA) is 47.1 Å². The van der Waals surface area contributed by atoms with Crippen molar-refractivity contribution in [2.45, 2.75) is 38.8 Å². The normalized spacial score (nSPS) is 18.1. The molecule has 0 radical (unpaired) electrons. The number of alkyl halides is 3. The molecule has 0 spiro atoms. The van der Waals surface area contributed by atoms with Gasteiger partial charge >= 0.3 is 6.18 Å².